The molecular weight excluding hydrogens is 572 g/mol. The molecular formula is C39H37N3P2. The molecule has 0 aliphatic carbocycles. The standard InChI is InChI=1S/C39H37N3P2/c40-39(35-25-13-15-27-37(35)41-29-43(31-17-5-1-6-18-31)32-19-7-2-8-20-32)36-26-14-16-28-38(36)42-30-44(33-21-9-3-10-22-33)34-23-11-4-12-24-34/h1-28,39,41-42H,29-30,40H2. The van der Waals surface area contributed by atoms with Crippen LogP contribution in [0.3, 0.4) is 0 Å². The molecule has 0 unspecified atom stereocenters. The number of nitrogens with one attached hydrogen (secondary N) is 2. The Kier molecular flexibility index (Phi) is 10.1. The van der Waals surface area contributed by atoms with Crippen molar-refractivity contribution < 1.29 is 0 Å². The Morgan fingerprint density at radius 2 is 0.659 bits per heavy atom. The van der Waals surface area contributed by atoms with Crippen LogP contribution in [-0.4, -0.2) is 12.6 Å². The summed E-state index contributed by atoms with van der Waals surface area (Å²) < 4.78 is 0. The second-order valence-electron chi connectivity index (χ2n) is 10.5. The van der Waals surface area contributed by atoms with Gasteiger partial charge in [-0.3, -0.25) is 0 Å². The molecule has 5 heteroatoms. The lowest BCUT2D eigenvalue weighted by Gasteiger charge is -2.25. The minimum atomic E-state index is -0.586. The summed E-state index contributed by atoms with van der Waals surface area (Å²) in [4.78, 5) is 0. The van der Waals surface area contributed by atoms with Gasteiger partial charge in [0.15, 0.2) is 0 Å². The average Bonchev–Trinajstić information content (AvgIpc) is 3.10. The summed E-state index contributed by atoms with van der Waals surface area (Å²) in [6.45, 7) is 0. The molecule has 0 spiro atoms. The van der Waals surface area contributed by atoms with Crippen molar-refractivity contribution in [3.05, 3.63) is 181 Å². The van der Waals surface area contributed by atoms with Crippen molar-refractivity contribution in [2.75, 3.05) is 23.2 Å². The number of rotatable bonds is 12. The van der Waals surface area contributed by atoms with Crippen molar-refractivity contribution in [2.45, 2.75) is 6.04 Å². The number of para-hydroxylation sites is 2. The van der Waals surface area contributed by atoms with Gasteiger partial charge in [-0.25, -0.2) is 0 Å². The predicted octanol–water partition coefficient (Wildman–Crippen LogP) is 7.74. The van der Waals surface area contributed by atoms with Gasteiger partial charge in [-0.2, -0.15) is 0 Å². The lowest BCUT2D eigenvalue weighted by atomic mass is 9.96. The smallest absolute Gasteiger partial charge is 0.0592 e. The first-order chi connectivity index (χ1) is 21.8. The normalized spacial score (nSPS) is 11.2. The molecule has 0 fully saturated rings. The third-order valence-electron chi connectivity index (χ3n) is 7.72. The second kappa shape index (κ2) is 15.0. The zero-order valence-electron chi connectivity index (χ0n) is 24.6. The van der Waals surface area contributed by atoms with Gasteiger partial charge in [0.2, 0.25) is 0 Å². The van der Waals surface area contributed by atoms with Crippen LogP contribution in [0.15, 0.2) is 170 Å². The van der Waals surface area contributed by atoms with E-state index < -0.39 is 15.8 Å². The van der Waals surface area contributed by atoms with Crippen LogP contribution in [0.4, 0.5) is 11.4 Å². The topological polar surface area (TPSA) is 50.1 Å². The maximum Gasteiger partial charge on any atom is 0.0592 e. The van der Waals surface area contributed by atoms with Gasteiger partial charge in [-0.1, -0.05) is 158 Å². The van der Waals surface area contributed by atoms with Gasteiger partial charge in [0, 0.05) is 23.9 Å². The highest BCUT2D eigenvalue weighted by Gasteiger charge is 2.20. The molecule has 0 amide bonds. The van der Waals surface area contributed by atoms with Gasteiger partial charge in [-0.05, 0) is 60.3 Å². The first-order valence-electron chi connectivity index (χ1n) is 14.9. The first-order valence-corrected chi connectivity index (χ1v) is 18.0. The largest absolute Gasteiger partial charge is 0.380 e. The monoisotopic (exact) mass is 609 g/mol. The second-order valence-corrected chi connectivity index (χ2v) is 14.9. The van der Waals surface area contributed by atoms with Gasteiger partial charge in [0.05, 0.1) is 6.04 Å². The molecule has 0 aliphatic heterocycles. The summed E-state index contributed by atoms with van der Waals surface area (Å²) in [5.41, 5.74) is 11.4. The van der Waals surface area contributed by atoms with Gasteiger partial charge < -0.3 is 16.4 Å². The van der Waals surface area contributed by atoms with Crippen LogP contribution >= 0.6 is 15.8 Å². The molecule has 0 saturated heterocycles. The number of hydrogen-bond acceptors (Lipinski definition) is 3. The number of benzene rings is 6. The molecule has 44 heavy (non-hydrogen) atoms. The van der Waals surface area contributed by atoms with Gasteiger partial charge in [0.1, 0.15) is 0 Å². The lowest BCUT2D eigenvalue weighted by Crippen LogP contribution is -2.21. The molecule has 0 heterocycles. The third-order valence-corrected chi connectivity index (χ3v) is 12.4. The Hall–Kier alpha value is -4.26. The van der Waals surface area contributed by atoms with Crippen LogP contribution in [0.1, 0.15) is 17.2 Å². The van der Waals surface area contributed by atoms with Crippen molar-refractivity contribution in [2.24, 2.45) is 5.73 Å². The average molecular weight is 610 g/mol. The van der Waals surface area contributed by atoms with E-state index in [1.807, 2.05) is 0 Å². The van der Waals surface area contributed by atoms with Crippen LogP contribution in [0.25, 0.3) is 0 Å². The Labute approximate surface area is 263 Å². The minimum Gasteiger partial charge on any atom is -0.380 e. The molecule has 6 aromatic carbocycles. The maximum absolute atomic E-state index is 7.11. The molecule has 0 bridgehead atoms. The highest BCUT2D eigenvalue weighted by atomic mass is 31.1. The fourth-order valence-corrected chi connectivity index (χ4v) is 9.56. The first kappa shape index (κ1) is 29.8. The fourth-order valence-electron chi connectivity index (χ4n) is 5.45. The van der Waals surface area contributed by atoms with Crippen molar-refractivity contribution >= 4 is 48.4 Å². The van der Waals surface area contributed by atoms with E-state index in [2.05, 4.69) is 180 Å². The Morgan fingerprint density at radius 1 is 0.386 bits per heavy atom. The predicted molar refractivity (Wildman–Crippen MR) is 194 cm³/mol. The maximum atomic E-state index is 7.11. The van der Waals surface area contributed by atoms with E-state index in [9.17, 15) is 0 Å². The van der Waals surface area contributed by atoms with Crippen LogP contribution in [0, 0.1) is 0 Å². The van der Waals surface area contributed by atoms with E-state index in [-0.39, 0.29) is 6.04 Å². The fraction of sp³-hybridized carbons (Fsp3) is 0.0769. The van der Waals surface area contributed by atoms with Gasteiger partial charge >= 0.3 is 0 Å². The Morgan fingerprint density at radius 3 is 0.977 bits per heavy atom. The van der Waals surface area contributed by atoms with E-state index in [1.54, 1.807) is 0 Å². The molecule has 218 valence electrons. The zero-order valence-corrected chi connectivity index (χ0v) is 26.4. The van der Waals surface area contributed by atoms with Crippen LogP contribution in [-0.2, 0) is 0 Å². The van der Waals surface area contributed by atoms with E-state index in [1.165, 1.54) is 21.2 Å². The van der Waals surface area contributed by atoms with Crippen LogP contribution in [0.5, 0.6) is 0 Å². The third kappa shape index (κ3) is 7.26. The number of hydrogen-bond donors (Lipinski definition) is 3. The molecule has 0 aromatic heterocycles. The van der Waals surface area contributed by atoms with Gasteiger partial charge in [-0.15, -0.1) is 0 Å². The van der Waals surface area contributed by atoms with Crippen molar-refractivity contribution in [3.8, 4) is 0 Å². The summed E-state index contributed by atoms with van der Waals surface area (Å²) in [6.07, 6.45) is 1.65. The van der Waals surface area contributed by atoms with E-state index in [0.29, 0.717) is 0 Å². The number of nitrogens with two attached hydrogens (primary N) is 1. The summed E-state index contributed by atoms with van der Waals surface area (Å²) in [7, 11) is -1.17. The molecule has 0 atom stereocenters. The van der Waals surface area contributed by atoms with E-state index in [0.717, 1.165) is 35.1 Å². The molecule has 6 aromatic rings. The SMILES string of the molecule is NC(c1ccccc1NCP(c1ccccc1)c1ccccc1)c1ccccc1NCP(c1ccccc1)c1ccccc1. The zero-order chi connectivity index (χ0) is 30.0. The Balaban J connectivity index is 1.24. The quantitative estimate of drug-likeness (QED) is 0.125. The Bertz CT molecular complexity index is 1520. The summed E-state index contributed by atoms with van der Waals surface area (Å²) in [5.74, 6) is 0. The van der Waals surface area contributed by atoms with Gasteiger partial charge in [0.25, 0.3) is 0 Å². The van der Waals surface area contributed by atoms with Crippen molar-refractivity contribution in [1.29, 1.82) is 0 Å². The summed E-state index contributed by atoms with van der Waals surface area (Å²) in [6, 6.07) is 59.9. The minimum absolute atomic E-state index is 0.290. The van der Waals surface area contributed by atoms with E-state index in [4.69, 9.17) is 5.73 Å². The molecule has 0 aliphatic rings. The molecule has 0 saturated carbocycles. The van der Waals surface area contributed by atoms with Crippen molar-refractivity contribution in [3.63, 3.8) is 0 Å². The van der Waals surface area contributed by atoms with Crippen LogP contribution < -0.4 is 37.6 Å². The van der Waals surface area contributed by atoms with E-state index >= 15 is 0 Å². The highest BCUT2D eigenvalue weighted by Crippen LogP contribution is 2.38. The molecule has 0 radical (unpaired) electrons. The summed E-state index contributed by atoms with van der Waals surface area (Å²) in [5, 5.41) is 13.0. The van der Waals surface area contributed by atoms with Crippen molar-refractivity contribution in [1.82, 2.24) is 0 Å². The molecule has 3 nitrogen and oxygen atoms in total. The number of anilines is 2. The highest BCUT2D eigenvalue weighted by molar-refractivity contribution is 7.73. The lowest BCUT2D eigenvalue weighted by molar-refractivity contribution is 0.874. The molecule has 4 N–H and O–H groups in total. The van der Waals surface area contributed by atoms with Crippen LogP contribution in [0.2, 0.25) is 0 Å². The summed E-state index contributed by atoms with van der Waals surface area (Å²) >= 11 is 0. The molecule has 6 rings (SSSR count).